The van der Waals surface area contributed by atoms with Crippen LogP contribution in [0.3, 0.4) is 0 Å². The number of nitrogens with zero attached hydrogens (tertiary/aromatic N) is 1. The Morgan fingerprint density at radius 2 is 1.64 bits per heavy atom. The van der Waals surface area contributed by atoms with Crippen LogP contribution in [0.5, 0.6) is 5.75 Å². The second-order valence-electron chi connectivity index (χ2n) is 5.93. The van der Waals surface area contributed by atoms with Crippen molar-refractivity contribution in [2.24, 2.45) is 0 Å². The fourth-order valence-corrected chi connectivity index (χ4v) is 2.25. The van der Waals surface area contributed by atoms with Crippen LogP contribution < -0.4 is 15.0 Å². The van der Waals surface area contributed by atoms with Gasteiger partial charge in [-0.05, 0) is 42.0 Å². The SMILES string of the molecule is CCC(=O)c1ccc(OCC(=O)NCc2ccc(N(C)C)cc2)cc1. The summed E-state index contributed by atoms with van der Waals surface area (Å²) in [6, 6.07) is 14.8. The molecule has 1 N–H and O–H groups in total. The topological polar surface area (TPSA) is 58.6 Å². The van der Waals surface area contributed by atoms with Crippen molar-refractivity contribution in [3.63, 3.8) is 0 Å². The minimum Gasteiger partial charge on any atom is -0.484 e. The fraction of sp³-hybridized carbons (Fsp3) is 0.300. The van der Waals surface area contributed by atoms with E-state index in [9.17, 15) is 9.59 Å². The highest BCUT2D eigenvalue weighted by atomic mass is 16.5. The van der Waals surface area contributed by atoms with Crippen LogP contribution in [0.15, 0.2) is 48.5 Å². The van der Waals surface area contributed by atoms with Gasteiger partial charge < -0.3 is 15.0 Å². The number of hydrogen-bond acceptors (Lipinski definition) is 4. The van der Waals surface area contributed by atoms with E-state index in [4.69, 9.17) is 4.74 Å². The predicted molar refractivity (Wildman–Crippen MR) is 99.2 cm³/mol. The van der Waals surface area contributed by atoms with Crippen LogP contribution in [0, 0.1) is 0 Å². The first-order valence-corrected chi connectivity index (χ1v) is 8.28. The third-order valence-electron chi connectivity index (χ3n) is 3.81. The van der Waals surface area contributed by atoms with Gasteiger partial charge in [-0.3, -0.25) is 9.59 Å². The van der Waals surface area contributed by atoms with E-state index in [0.29, 0.717) is 24.3 Å². The number of Topliss-reactive ketones (excluding diaryl/α,β-unsaturated/α-hetero) is 1. The van der Waals surface area contributed by atoms with E-state index in [1.807, 2.05) is 50.2 Å². The van der Waals surface area contributed by atoms with Crippen molar-refractivity contribution in [1.82, 2.24) is 5.32 Å². The lowest BCUT2D eigenvalue weighted by Crippen LogP contribution is -2.28. The third kappa shape index (κ3) is 5.64. The van der Waals surface area contributed by atoms with Crippen molar-refractivity contribution in [1.29, 1.82) is 0 Å². The molecule has 0 saturated heterocycles. The van der Waals surface area contributed by atoms with Crippen molar-refractivity contribution in [2.75, 3.05) is 25.6 Å². The van der Waals surface area contributed by atoms with Gasteiger partial charge in [0.2, 0.25) is 0 Å². The Morgan fingerprint density at radius 3 is 2.20 bits per heavy atom. The van der Waals surface area contributed by atoms with Gasteiger partial charge in [-0.2, -0.15) is 0 Å². The highest BCUT2D eigenvalue weighted by molar-refractivity contribution is 5.95. The Morgan fingerprint density at radius 1 is 1.00 bits per heavy atom. The first kappa shape index (κ1) is 18.5. The summed E-state index contributed by atoms with van der Waals surface area (Å²) in [5.74, 6) is 0.466. The number of rotatable bonds is 8. The zero-order valence-electron chi connectivity index (χ0n) is 14.9. The predicted octanol–water partition coefficient (Wildman–Crippen LogP) is 3.04. The lowest BCUT2D eigenvalue weighted by Gasteiger charge is -2.13. The highest BCUT2D eigenvalue weighted by Gasteiger charge is 2.05. The normalized spacial score (nSPS) is 10.2. The number of benzene rings is 2. The molecule has 0 aromatic heterocycles. The van der Waals surface area contributed by atoms with Crippen LogP contribution >= 0.6 is 0 Å². The van der Waals surface area contributed by atoms with Crippen LogP contribution in [0.25, 0.3) is 0 Å². The number of ketones is 1. The van der Waals surface area contributed by atoms with E-state index in [2.05, 4.69) is 5.32 Å². The fourth-order valence-electron chi connectivity index (χ4n) is 2.25. The van der Waals surface area contributed by atoms with Crippen LogP contribution in [0.2, 0.25) is 0 Å². The molecule has 0 spiro atoms. The van der Waals surface area contributed by atoms with Gasteiger partial charge in [0.15, 0.2) is 12.4 Å². The quantitative estimate of drug-likeness (QED) is 0.751. The summed E-state index contributed by atoms with van der Waals surface area (Å²) in [6.45, 7) is 2.22. The summed E-state index contributed by atoms with van der Waals surface area (Å²) in [5, 5.41) is 2.82. The molecule has 5 heteroatoms. The average molecular weight is 340 g/mol. The maximum atomic E-state index is 11.9. The standard InChI is InChI=1S/C20H24N2O3/c1-4-19(23)16-7-11-18(12-8-16)25-14-20(24)21-13-15-5-9-17(10-6-15)22(2)3/h5-12H,4,13-14H2,1-3H3,(H,21,24). The second-order valence-corrected chi connectivity index (χ2v) is 5.93. The van der Waals surface area contributed by atoms with Gasteiger partial charge in [0.25, 0.3) is 5.91 Å². The molecule has 0 aliphatic heterocycles. The molecule has 0 aliphatic rings. The summed E-state index contributed by atoms with van der Waals surface area (Å²) in [5.41, 5.74) is 2.80. The van der Waals surface area contributed by atoms with Crippen LogP contribution in [-0.2, 0) is 11.3 Å². The summed E-state index contributed by atoms with van der Waals surface area (Å²) >= 11 is 0. The van der Waals surface area contributed by atoms with Crippen LogP contribution in [0.4, 0.5) is 5.69 Å². The Bertz CT molecular complexity index is 707. The first-order chi connectivity index (χ1) is 12.0. The average Bonchev–Trinajstić information content (AvgIpc) is 2.64. The molecular weight excluding hydrogens is 316 g/mol. The summed E-state index contributed by atoms with van der Waals surface area (Å²) in [7, 11) is 3.97. The molecule has 0 heterocycles. The molecule has 0 radical (unpaired) electrons. The van der Waals surface area contributed by atoms with Gasteiger partial charge in [0.05, 0.1) is 0 Å². The van der Waals surface area contributed by atoms with Gasteiger partial charge in [-0.25, -0.2) is 0 Å². The molecule has 0 bridgehead atoms. The molecule has 0 aliphatic carbocycles. The molecule has 2 aromatic rings. The monoisotopic (exact) mass is 340 g/mol. The minimum absolute atomic E-state index is 0.0587. The molecule has 2 aromatic carbocycles. The van der Waals surface area contributed by atoms with E-state index < -0.39 is 0 Å². The minimum atomic E-state index is -0.189. The van der Waals surface area contributed by atoms with Gasteiger partial charge in [0, 0.05) is 38.3 Å². The van der Waals surface area contributed by atoms with Gasteiger partial charge >= 0.3 is 0 Å². The largest absolute Gasteiger partial charge is 0.484 e. The molecular formula is C20H24N2O3. The van der Waals surface area contributed by atoms with E-state index in [-0.39, 0.29) is 18.3 Å². The molecule has 0 atom stereocenters. The highest BCUT2D eigenvalue weighted by Crippen LogP contribution is 2.14. The Kier molecular flexibility index (Phi) is 6.57. The van der Waals surface area contributed by atoms with Crippen molar-refractivity contribution in [2.45, 2.75) is 19.9 Å². The molecule has 25 heavy (non-hydrogen) atoms. The first-order valence-electron chi connectivity index (χ1n) is 8.28. The molecule has 0 unspecified atom stereocenters. The van der Waals surface area contributed by atoms with Crippen molar-refractivity contribution >= 4 is 17.4 Å². The Labute approximate surface area is 148 Å². The Hall–Kier alpha value is -2.82. The molecule has 1 amide bonds. The number of amides is 1. The molecule has 0 fully saturated rings. The van der Waals surface area contributed by atoms with Crippen LogP contribution in [0.1, 0.15) is 29.3 Å². The lowest BCUT2D eigenvalue weighted by atomic mass is 10.1. The van der Waals surface area contributed by atoms with E-state index in [0.717, 1.165) is 11.3 Å². The molecule has 2 rings (SSSR count). The number of carbonyl (C=O) groups is 2. The molecule has 132 valence electrons. The van der Waals surface area contributed by atoms with E-state index in [1.165, 1.54) is 0 Å². The zero-order valence-corrected chi connectivity index (χ0v) is 14.9. The van der Waals surface area contributed by atoms with E-state index >= 15 is 0 Å². The Balaban J connectivity index is 1.77. The molecule has 5 nitrogen and oxygen atoms in total. The molecule has 0 saturated carbocycles. The lowest BCUT2D eigenvalue weighted by molar-refractivity contribution is -0.123. The number of hydrogen-bond donors (Lipinski definition) is 1. The maximum absolute atomic E-state index is 11.9. The summed E-state index contributed by atoms with van der Waals surface area (Å²) in [4.78, 5) is 25.5. The third-order valence-corrected chi connectivity index (χ3v) is 3.81. The van der Waals surface area contributed by atoms with E-state index in [1.54, 1.807) is 24.3 Å². The van der Waals surface area contributed by atoms with Crippen molar-refractivity contribution in [3.05, 3.63) is 59.7 Å². The maximum Gasteiger partial charge on any atom is 0.258 e. The van der Waals surface area contributed by atoms with Crippen LogP contribution in [-0.4, -0.2) is 32.4 Å². The number of ether oxygens (including phenoxy) is 1. The van der Waals surface area contributed by atoms with Crippen molar-refractivity contribution < 1.29 is 14.3 Å². The summed E-state index contributed by atoms with van der Waals surface area (Å²) in [6.07, 6.45) is 0.470. The van der Waals surface area contributed by atoms with Gasteiger partial charge in [-0.15, -0.1) is 0 Å². The summed E-state index contributed by atoms with van der Waals surface area (Å²) < 4.78 is 5.45. The van der Waals surface area contributed by atoms with Gasteiger partial charge in [-0.1, -0.05) is 19.1 Å². The smallest absolute Gasteiger partial charge is 0.258 e. The number of carbonyl (C=O) groups excluding carboxylic acids is 2. The number of nitrogens with one attached hydrogen (secondary N) is 1. The number of anilines is 1. The van der Waals surface area contributed by atoms with Gasteiger partial charge in [0.1, 0.15) is 5.75 Å². The second kappa shape index (κ2) is 8.87. The van der Waals surface area contributed by atoms with Crippen molar-refractivity contribution in [3.8, 4) is 5.75 Å². The zero-order chi connectivity index (χ0) is 18.2.